The first-order valence-corrected chi connectivity index (χ1v) is 21.0. The van der Waals surface area contributed by atoms with Gasteiger partial charge in [-0.05, 0) is 124 Å². The zero-order chi connectivity index (χ0) is 39.7. The SMILES string of the molecule is c1ccc(C2(c3ccccc3)c3ccccc3-c3ccc(-c4ccc5cc(-c6ccc7c(c6)C(c6ccccc6)(c6ccccc6)c6ccccc6-7)ccc5c4)cc32)cc1. The Morgan fingerprint density at radius 3 is 0.850 bits per heavy atom. The van der Waals surface area contributed by atoms with E-state index in [1.54, 1.807) is 0 Å². The summed E-state index contributed by atoms with van der Waals surface area (Å²) in [4.78, 5) is 0. The first-order chi connectivity index (χ1) is 29.7. The van der Waals surface area contributed by atoms with Crippen molar-refractivity contribution in [2.45, 2.75) is 10.8 Å². The fourth-order valence-corrected chi connectivity index (χ4v) is 10.9. The van der Waals surface area contributed by atoms with Crippen LogP contribution in [-0.2, 0) is 10.8 Å². The summed E-state index contributed by atoms with van der Waals surface area (Å²) >= 11 is 0. The standard InChI is InChI=1S/C60H40/c1-5-17-47(18-6-1)59(48-19-7-2-8-20-48)55-27-15-13-25-51(55)53-35-33-45(39-57(53)59)43-31-29-42-38-44(32-30-41(42)37-43)46-34-36-54-52-26-14-16-28-56(52)60(58(54)40-46,49-21-9-3-10-22-49)50-23-11-4-12-24-50/h1-40H. The van der Waals surface area contributed by atoms with Gasteiger partial charge in [0.05, 0.1) is 10.8 Å². The van der Waals surface area contributed by atoms with Gasteiger partial charge in [-0.3, -0.25) is 0 Å². The van der Waals surface area contributed by atoms with Crippen LogP contribution in [0, 0.1) is 0 Å². The van der Waals surface area contributed by atoms with Gasteiger partial charge in [0.2, 0.25) is 0 Å². The Bertz CT molecular complexity index is 2930. The molecule has 60 heavy (non-hydrogen) atoms. The second kappa shape index (κ2) is 13.5. The van der Waals surface area contributed by atoms with Crippen LogP contribution in [-0.4, -0.2) is 0 Å². The molecule has 0 bridgehead atoms. The van der Waals surface area contributed by atoms with Crippen molar-refractivity contribution in [2.24, 2.45) is 0 Å². The van der Waals surface area contributed by atoms with Gasteiger partial charge in [0.15, 0.2) is 0 Å². The third-order valence-corrected chi connectivity index (χ3v) is 13.4. The molecule has 0 N–H and O–H groups in total. The predicted octanol–water partition coefficient (Wildman–Crippen LogP) is 14.9. The summed E-state index contributed by atoms with van der Waals surface area (Å²) in [6.45, 7) is 0. The van der Waals surface area contributed by atoms with Crippen molar-refractivity contribution in [2.75, 3.05) is 0 Å². The van der Waals surface area contributed by atoms with Gasteiger partial charge in [-0.1, -0.05) is 218 Å². The molecule has 0 saturated carbocycles. The van der Waals surface area contributed by atoms with Gasteiger partial charge < -0.3 is 0 Å². The van der Waals surface area contributed by atoms with Crippen LogP contribution in [0.3, 0.4) is 0 Å². The molecule has 0 aromatic heterocycles. The number of fused-ring (bicyclic) bond motifs is 7. The Morgan fingerprint density at radius 2 is 0.483 bits per heavy atom. The van der Waals surface area contributed by atoms with E-state index in [1.807, 2.05) is 0 Å². The smallest absolute Gasteiger partial charge is 0.0622 e. The van der Waals surface area contributed by atoms with Crippen LogP contribution in [0.4, 0.5) is 0 Å². The van der Waals surface area contributed by atoms with E-state index in [0.29, 0.717) is 0 Å². The van der Waals surface area contributed by atoms with Crippen molar-refractivity contribution in [3.8, 4) is 44.5 Å². The normalized spacial score (nSPS) is 13.9. The summed E-state index contributed by atoms with van der Waals surface area (Å²) in [6.07, 6.45) is 0. The van der Waals surface area contributed by atoms with Crippen LogP contribution in [0.1, 0.15) is 44.5 Å². The lowest BCUT2D eigenvalue weighted by Gasteiger charge is -2.34. The number of rotatable bonds is 6. The summed E-state index contributed by atoms with van der Waals surface area (Å²) < 4.78 is 0. The molecular formula is C60H40. The summed E-state index contributed by atoms with van der Waals surface area (Å²) in [6, 6.07) is 90.3. The molecule has 0 aliphatic heterocycles. The van der Waals surface area contributed by atoms with Crippen molar-refractivity contribution in [3.63, 3.8) is 0 Å². The van der Waals surface area contributed by atoms with Crippen LogP contribution in [0.15, 0.2) is 243 Å². The molecule has 2 aliphatic carbocycles. The second-order valence-electron chi connectivity index (χ2n) is 16.4. The maximum Gasteiger partial charge on any atom is 0.0713 e. The van der Waals surface area contributed by atoms with E-state index in [2.05, 4.69) is 243 Å². The van der Waals surface area contributed by atoms with Gasteiger partial charge in [0.25, 0.3) is 0 Å². The zero-order valence-electron chi connectivity index (χ0n) is 33.1. The Labute approximate surface area is 351 Å². The molecule has 0 fully saturated rings. The average molecular weight is 761 g/mol. The minimum Gasteiger partial charge on any atom is -0.0622 e. The molecule has 10 aromatic rings. The van der Waals surface area contributed by atoms with Crippen molar-refractivity contribution < 1.29 is 0 Å². The predicted molar refractivity (Wildman–Crippen MR) is 249 cm³/mol. The van der Waals surface area contributed by atoms with Gasteiger partial charge in [-0.2, -0.15) is 0 Å². The molecule has 0 heteroatoms. The quantitative estimate of drug-likeness (QED) is 0.158. The summed E-state index contributed by atoms with van der Waals surface area (Å²) in [7, 11) is 0. The van der Waals surface area contributed by atoms with E-state index < -0.39 is 10.8 Å². The van der Waals surface area contributed by atoms with Crippen LogP contribution >= 0.6 is 0 Å². The first-order valence-electron chi connectivity index (χ1n) is 21.0. The fraction of sp³-hybridized carbons (Fsp3) is 0.0333. The highest BCUT2D eigenvalue weighted by Gasteiger charge is 2.47. The molecule has 0 saturated heterocycles. The Hall–Kier alpha value is -7.54. The van der Waals surface area contributed by atoms with Crippen molar-refractivity contribution in [3.05, 3.63) is 287 Å². The van der Waals surface area contributed by atoms with E-state index in [4.69, 9.17) is 0 Å². The molecule has 0 spiro atoms. The molecule has 0 radical (unpaired) electrons. The number of benzene rings is 10. The average Bonchev–Trinajstić information content (AvgIpc) is 3.80. The summed E-state index contributed by atoms with van der Waals surface area (Å²) in [5.41, 5.74) is 19.7. The first kappa shape index (κ1) is 34.5. The molecule has 0 nitrogen and oxygen atoms in total. The molecular weight excluding hydrogens is 721 g/mol. The fourth-order valence-electron chi connectivity index (χ4n) is 10.9. The van der Waals surface area contributed by atoms with E-state index in [1.165, 1.54) is 99.8 Å². The lowest BCUT2D eigenvalue weighted by Crippen LogP contribution is -2.28. The Kier molecular flexibility index (Phi) is 7.77. The molecule has 2 aliphatic rings. The van der Waals surface area contributed by atoms with E-state index in [9.17, 15) is 0 Å². The Morgan fingerprint density at radius 1 is 0.200 bits per heavy atom. The molecule has 0 unspecified atom stereocenters. The molecule has 10 aromatic carbocycles. The van der Waals surface area contributed by atoms with Gasteiger partial charge in [-0.15, -0.1) is 0 Å². The largest absolute Gasteiger partial charge is 0.0713 e. The highest BCUT2D eigenvalue weighted by atomic mass is 14.5. The lowest BCUT2D eigenvalue weighted by molar-refractivity contribution is 0.769. The van der Waals surface area contributed by atoms with Crippen LogP contribution in [0.25, 0.3) is 55.3 Å². The monoisotopic (exact) mass is 760 g/mol. The Balaban J connectivity index is 0.976. The third-order valence-electron chi connectivity index (χ3n) is 13.4. The van der Waals surface area contributed by atoms with Crippen LogP contribution in [0.5, 0.6) is 0 Å². The molecule has 0 heterocycles. The number of hydrogen-bond acceptors (Lipinski definition) is 0. The van der Waals surface area contributed by atoms with E-state index >= 15 is 0 Å². The van der Waals surface area contributed by atoms with E-state index in [-0.39, 0.29) is 0 Å². The van der Waals surface area contributed by atoms with Crippen LogP contribution < -0.4 is 0 Å². The van der Waals surface area contributed by atoms with Crippen LogP contribution in [0.2, 0.25) is 0 Å². The molecule has 0 atom stereocenters. The molecule has 280 valence electrons. The van der Waals surface area contributed by atoms with Gasteiger partial charge in [0.1, 0.15) is 0 Å². The number of hydrogen-bond donors (Lipinski definition) is 0. The minimum absolute atomic E-state index is 0.425. The molecule has 0 amide bonds. The summed E-state index contributed by atoms with van der Waals surface area (Å²) in [5.74, 6) is 0. The van der Waals surface area contributed by atoms with Gasteiger partial charge >= 0.3 is 0 Å². The highest BCUT2D eigenvalue weighted by Crippen LogP contribution is 2.58. The molecule has 12 rings (SSSR count). The minimum atomic E-state index is -0.425. The zero-order valence-corrected chi connectivity index (χ0v) is 33.1. The van der Waals surface area contributed by atoms with E-state index in [0.717, 1.165) is 0 Å². The topological polar surface area (TPSA) is 0 Å². The van der Waals surface area contributed by atoms with Crippen molar-refractivity contribution in [1.82, 2.24) is 0 Å². The maximum atomic E-state index is 2.46. The van der Waals surface area contributed by atoms with Crippen molar-refractivity contribution in [1.29, 1.82) is 0 Å². The maximum absolute atomic E-state index is 2.46. The second-order valence-corrected chi connectivity index (χ2v) is 16.4. The third kappa shape index (κ3) is 4.92. The highest BCUT2D eigenvalue weighted by molar-refractivity contribution is 5.94. The van der Waals surface area contributed by atoms with Crippen molar-refractivity contribution >= 4 is 10.8 Å². The summed E-state index contributed by atoms with van der Waals surface area (Å²) in [5, 5.41) is 2.46. The van der Waals surface area contributed by atoms with Gasteiger partial charge in [-0.25, -0.2) is 0 Å². The van der Waals surface area contributed by atoms with Gasteiger partial charge in [0, 0.05) is 0 Å². The lowest BCUT2D eigenvalue weighted by atomic mass is 9.67.